The van der Waals surface area contributed by atoms with Crippen molar-refractivity contribution in [3.8, 4) is 5.75 Å². The van der Waals surface area contributed by atoms with E-state index >= 15 is 0 Å². The second-order valence-corrected chi connectivity index (χ2v) is 6.34. The molecule has 6 heteroatoms. The Labute approximate surface area is 149 Å². The lowest BCUT2D eigenvalue weighted by Gasteiger charge is -2.13. The van der Waals surface area contributed by atoms with Crippen molar-refractivity contribution in [2.75, 3.05) is 13.7 Å². The van der Waals surface area contributed by atoms with Crippen molar-refractivity contribution in [1.29, 1.82) is 0 Å². The number of benzene rings is 2. The zero-order valence-corrected chi connectivity index (χ0v) is 15.3. The van der Waals surface area contributed by atoms with Gasteiger partial charge in [0.15, 0.2) is 6.54 Å². The molecule has 0 aromatic heterocycles. The predicted molar refractivity (Wildman–Crippen MR) is 94.1 cm³/mol. The van der Waals surface area contributed by atoms with Gasteiger partial charge in [-0.2, -0.15) is 0 Å². The van der Waals surface area contributed by atoms with E-state index in [0.717, 1.165) is 15.8 Å². The van der Waals surface area contributed by atoms with Crippen LogP contribution in [-0.2, 0) is 11.3 Å². The van der Waals surface area contributed by atoms with E-state index in [4.69, 9.17) is 4.74 Å². The fourth-order valence-corrected chi connectivity index (χ4v) is 2.85. The average molecular weight is 396 g/mol. The van der Waals surface area contributed by atoms with Crippen molar-refractivity contribution in [2.45, 2.75) is 19.5 Å². The number of halogens is 2. The lowest BCUT2D eigenvalue weighted by atomic mass is 10.1. The summed E-state index contributed by atoms with van der Waals surface area (Å²) in [5.74, 6) is 0.337. The zero-order valence-electron chi connectivity index (χ0n) is 13.7. The molecule has 2 rings (SSSR count). The first-order valence-electron chi connectivity index (χ1n) is 7.68. The molecule has 0 radical (unpaired) electrons. The number of hydrogen-bond donors (Lipinski definition) is 2. The van der Waals surface area contributed by atoms with Crippen LogP contribution >= 0.6 is 15.9 Å². The average Bonchev–Trinajstić information content (AvgIpc) is 2.58. The second-order valence-electron chi connectivity index (χ2n) is 5.49. The summed E-state index contributed by atoms with van der Waals surface area (Å²) in [6.45, 7) is 2.50. The van der Waals surface area contributed by atoms with Gasteiger partial charge in [-0.25, -0.2) is 4.39 Å². The summed E-state index contributed by atoms with van der Waals surface area (Å²) in [4.78, 5) is 11.9. The number of carbonyl (C=O) groups excluding carboxylic acids is 1. The van der Waals surface area contributed by atoms with Crippen LogP contribution in [0.2, 0.25) is 0 Å². The Bertz CT molecular complexity index is 709. The van der Waals surface area contributed by atoms with Gasteiger partial charge >= 0.3 is 0 Å². The normalized spacial score (nSPS) is 11.8. The van der Waals surface area contributed by atoms with Gasteiger partial charge in [-0.05, 0) is 47.1 Å². The molecule has 0 saturated carbocycles. The van der Waals surface area contributed by atoms with Crippen molar-refractivity contribution < 1.29 is 19.2 Å². The molecule has 0 saturated heterocycles. The topological polar surface area (TPSA) is 54.9 Å². The molecule has 24 heavy (non-hydrogen) atoms. The largest absolute Gasteiger partial charge is 0.496 e. The molecule has 3 N–H and O–H groups in total. The Hall–Kier alpha value is -1.92. The minimum Gasteiger partial charge on any atom is -0.496 e. The van der Waals surface area contributed by atoms with Gasteiger partial charge in [-0.15, -0.1) is 0 Å². The highest BCUT2D eigenvalue weighted by molar-refractivity contribution is 9.10. The summed E-state index contributed by atoms with van der Waals surface area (Å²) < 4.78 is 19.6. The maximum Gasteiger partial charge on any atom is 0.275 e. The molecule has 2 aromatic rings. The van der Waals surface area contributed by atoms with E-state index < -0.39 is 0 Å². The van der Waals surface area contributed by atoms with Crippen LogP contribution < -0.4 is 15.4 Å². The molecule has 0 bridgehead atoms. The van der Waals surface area contributed by atoms with Gasteiger partial charge < -0.3 is 15.4 Å². The maximum absolute atomic E-state index is 13.5. The van der Waals surface area contributed by atoms with E-state index in [0.29, 0.717) is 5.56 Å². The molecule has 4 nitrogen and oxygen atoms in total. The van der Waals surface area contributed by atoms with Crippen LogP contribution in [0.25, 0.3) is 0 Å². The summed E-state index contributed by atoms with van der Waals surface area (Å²) in [7, 11) is 1.62. The number of nitrogens with two attached hydrogens (primary N) is 1. The van der Waals surface area contributed by atoms with Crippen molar-refractivity contribution in [1.82, 2.24) is 5.32 Å². The van der Waals surface area contributed by atoms with E-state index in [9.17, 15) is 9.18 Å². The predicted octanol–water partition coefficient (Wildman–Crippen LogP) is 2.54. The second kappa shape index (κ2) is 8.80. The van der Waals surface area contributed by atoms with Crippen LogP contribution in [-0.4, -0.2) is 19.6 Å². The monoisotopic (exact) mass is 395 g/mol. The zero-order chi connectivity index (χ0) is 17.5. The molecule has 1 atom stereocenters. The van der Waals surface area contributed by atoms with Crippen molar-refractivity contribution in [3.05, 3.63) is 63.9 Å². The first-order valence-corrected chi connectivity index (χ1v) is 8.47. The number of rotatable bonds is 7. The molecule has 0 heterocycles. The van der Waals surface area contributed by atoms with Gasteiger partial charge in [0, 0.05) is 17.7 Å². The van der Waals surface area contributed by atoms with Crippen molar-refractivity contribution in [2.24, 2.45) is 0 Å². The molecule has 128 valence electrons. The first kappa shape index (κ1) is 18.4. The lowest BCUT2D eigenvalue weighted by Crippen LogP contribution is -2.87. The minimum atomic E-state index is -0.307. The van der Waals surface area contributed by atoms with Crippen molar-refractivity contribution in [3.63, 3.8) is 0 Å². The van der Waals surface area contributed by atoms with Crippen LogP contribution in [0.5, 0.6) is 5.75 Å². The summed E-state index contributed by atoms with van der Waals surface area (Å²) in [6, 6.07) is 12.4. The van der Waals surface area contributed by atoms with E-state index in [1.807, 2.05) is 30.4 Å². The SMILES string of the molecule is COc1ccc([C@@H](C)[NH2+]CC(=O)NCc2ccccc2F)cc1Br. The number of hydrogen-bond acceptors (Lipinski definition) is 2. The molecule has 0 aliphatic rings. The van der Waals surface area contributed by atoms with Gasteiger partial charge in [0.25, 0.3) is 5.91 Å². The summed E-state index contributed by atoms with van der Waals surface area (Å²) in [6.07, 6.45) is 0. The van der Waals surface area contributed by atoms with E-state index in [-0.39, 0.29) is 30.9 Å². The Kier molecular flexibility index (Phi) is 6.75. The Morgan fingerprint density at radius 3 is 2.75 bits per heavy atom. The lowest BCUT2D eigenvalue weighted by molar-refractivity contribution is -0.682. The number of ether oxygens (including phenoxy) is 1. The third kappa shape index (κ3) is 5.04. The van der Waals surface area contributed by atoms with Crippen LogP contribution in [0, 0.1) is 5.82 Å². The quantitative estimate of drug-likeness (QED) is 0.756. The highest BCUT2D eigenvalue weighted by atomic mass is 79.9. The maximum atomic E-state index is 13.5. The van der Waals surface area contributed by atoms with Gasteiger partial charge in [0.05, 0.1) is 11.6 Å². The van der Waals surface area contributed by atoms with Crippen molar-refractivity contribution >= 4 is 21.8 Å². The van der Waals surface area contributed by atoms with Gasteiger partial charge in [0.1, 0.15) is 17.6 Å². The molecule has 2 aromatic carbocycles. The van der Waals surface area contributed by atoms with Gasteiger partial charge in [-0.3, -0.25) is 4.79 Å². The molecule has 1 amide bonds. The highest BCUT2D eigenvalue weighted by Gasteiger charge is 2.13. The Balaban J connectivity index is 1.83. The number of amides is 1. The molecule has 0 spiro atoms. The molecular weight excluding hydrogens is 375 g/mol. The number of quaternary nitrogens is 1. The molecule has 0 unspecified atom stereocenters. The molecule has 0 fully saturated rings. The number of nitrogens with one attached hydrogen (secondary N) is 1. The standard InChI is InChI=1S/C18H20BrFN2O2/c1-12(13-7-8-17(24-2)15(19)9-13)21-11-18(23)22-10-14-5-3-4-6-16(14)20/h3-9,12,21H,10-11H2,1-2H3,(H,22,23)/p+1/t12-/m1/s1. The third-order valence-corrected chi connectivity index (χ3v) is 4.41. The molecule has 0 aliphatic heterocycles. The summed E-state index contributed by atoms with van der Waals surface area (Å²) in [5, 5.41) is 4.67. The van der Waals surface area contributed by atoms with Crippen LogP contribution in [0.3, 0.4) is 0 Å². The fraction of sp³-hybridized carbons (Fsp3) is 0.278. The van der Waals surface area contributed by atoms with E-state index in [1.54, 1.807) is 25.3 Å². The van der Waals surface area contributed by atoms with Crippen LogP contribution in [0.15, 0.2) is 46.9 Å². The first-order chi connectivity index (χ1) is 11.5. The Morgan fingerprint density at radius 1 is 1.33 bits per heavy atom. The summed E-state index contributed by atoms with van der Waals surface area (Å²) >= 11 is 3.46. The van der Waals surface area contributed by atoms with Crippen LogP contribution in [0.1, 0.15) is 24.1 Å². The number of carbonyl (C=O) groups is 1. The minimum absolute atomic E-state index is 0.117. The summed E-state index contributed by atoms with van der Waals surface area (Å²) in [5.41, 5.74) is 1.57. The van der Waals surface area contributed by atoms with Gasteiger partial charge in [-0.1, -0.05) is 18.2 Å². The van der Waals surface area contributed by atoms with Crippen LogP contribution in [0.4, 0.5) is 4.39 Å². The highest BCUT2D eigenvalue weighted by Crippen LogP contribution is 2.27. The van der Waals surface area contributed by atoms with E-state index in [2.05, 4.69) is 21.2 Å². The molecular formula is C18H21BrFN2O2+. The number of methoxy groups -OCH3 is 1. The fourth-order valence-electron chi connectivity index (χ4n) is 2.29. The van der Waals surface area contributed by atoms with Gasteiger partial charge in [0.2, 0.25) is 0 Å². The van der Waals surface area contributed by atoms with E-state index in [1.165, 1.54) is 6.07 Å². The third-order valence-electron chi connectivity index (χ3n) is 3.79. The molecule has 0 aliphatic carbocycles. The smallest absolute Gasteiger partial charge is 0.275 e. The Morgan fingerprint density at radius 2 is 2.08 bits per heavy atom.